The van der Waals surface area contributed by atoms with E-state index in [0.29, 0.717) is 0 Å². The van der Waals surface area contributed by atoms with Crippen LogP contribution in [-0.4, -0.2) is 22.9 Å². The lowest BCUT2D eigenvalue weighted by Crippen LogP contribution is -2.51. The molecule has 0 unspecified atom stereocenters. The molecule has 0 spiro atoms. The lowest BCUT2D eigenvalue weighted by molar-refractivity contribution is 0.590. The van der Waals surface area contributed by atoms with E-state index in [-0.39, 0.29) is 35.6 Å². The van der Waals surface area contributed by atoms with Crippen LogP contribution in [0.1, 0.15) is 105 Å². The minimum Gasteiger partial charge on any atom is -0.359 e. The molecule has 6 heterocycles. The zero-order chi connectivity index (χ0) is 44.3. The smallest absolute Gasteiger partial charge is 0.359 e. The number of aromatic nitrogens is 2. The van der Waals surface area contributed by atoms with Crippen molar-refractivity contribution < 1.29 is 0 Å². The van der Waals surface area contributed by atoms with Crippen LogP contribution in [0.3, 0.4) is 0 Å². The summed E-state index contributed by atoms with van der Waals surface area (Å²) in [5.74, 6) is 0. The molecule has 13 rings (SSSR count). The van der Waals surface area contributed by atoms with Gasteiger partial charge in [0.1, 0.15) is 0 Å². The first-order valence-corrected chi connectivity index (χ1v) is 23.5. The van der Waals surface area contributed by atoms with Gasteiger partial charge in [0.2, 0.25) is 0 Å². The van der Waals surface area contributed by atoms with Crippen molar-refractivity contribution in [1.29, 1.82) is 0 Å². The van der Waals surface area contributed by atoms with E-state index in [1.165, 1.54) is 122 Å². The van der Waals surface area contributed by atoms with Gasteiger partial charge in [-0.25, -0.2) is 0 Å². The summed E-state index contributed by atoms with van der Waals surface area (Å²) in [5, 5.41) is 5.39. The quantitative estimate of drug-likeness (QED) is 0.142. The van der Waals surface area contributed by atoms with Crippen LogP contribution < -0.4 is 20.5 Å². The number of rotatable bonds is 0. The molecule has 7 aromatic carbocycles. The molecule has 64 heavy (non-hydrogen) atoms. The predicted octanol–water partition coefficient (Wildman–Crippen LogP) is 13.8. The average Bonchev–Trinajstić information content (AvgIpc) is 3.98. The van der Waals surface area contributed by atoms with Gasteiger partial charge in [-0.2, -0.15) is 0 Å². The van der Waals surface area contributed by atoms with E-state index in [0.717, 1.165) is 0 Å². The Kier molecular flexibility index (Phi) is 7.16. The molecule has 9 aromatic rings. The maximum atomic E-state index is 2.75. The molecule has 0 radical (unpaired) electrons. The van der Waals surface area contributed by atoms with Gasteiger partial charge in [0.05, 0.1) is 22.4 Å². The molecule has 0 bridgehead atoms. The monoisotopic (exact) mass is 830 g/mol. The van der Waals surface area contributed by atoms with E-state index >= 15 is 0 Å². The third-order valence-corrected chi connectivity index (χ3v) is 15.4. The second kappa shape index (κ2) is 12.0. The van der Waals surface area contributed by atoms with Gasteiger partial charge < -0.3 is 18.6 Å². The number of nitrogens with zero attached hydrogens (tertiary/aromatic N) is 4. The van der Waals surface area contributed by atoms with Gasteiger partial charge in [-0.05, 0) is 114 Å². The highest BCUT2D eigenvalue weighted by Crippen LogP contribution is 2.61. The number of hydrogen-bond donors (Lipinski definition) is 0. The lowest BCUT2D eigenvalue weighted by Gasteiger charge is -2.37. The standard InChI is InChI=1S/C58H56B2N4/c1-55(2,3)33-21-25-45-39(29-33)37-17-13-15-19-43(37)59-61(45)51-49-41-31-35(57(7,8)9)24-28-48(41)64-54(49)52(50-42-32-36(58(10,11)12)23-27-47(42)63(59)53(50)51)62-46-26-22-34(56(4,5)6)30-40(46)38-18-14-16-20-44(38)60(62)64/h13-32H,1-12H3. The summed E-state index contributed by atoms with van der Waals surface area (Å²) < 4.78 is 5.49. The first-order chi connectivity index (χ1) is 30.3. The molecule has 0 amide bonds. The Morgan fingerprint density at radius 2 is 0.703 bits per heavy atom. The van der Waals surface area contributed by atoms with Crippen LogP contribution in [0.4, 0.5) is 22.7 Å². The fraction of sp³-hybridized carbons (Fsp3) is 0.276. The highest BCUT2D eigenvalue weighted by molar-refractivity contribution is 6.85. The van der Waals surface area contributed by atoms with Crippen molar-refractivity contribution in [2.24, 2.45) is 0 Å². The summed E-state index contributed by atoms with van der Waals surface area (Å²) in [4.78, 5) is 5.51. The van der Waals surface area contributed by atoms with E-state index in [9.17, 15) is 0 Å². The second-order valence-corrected chi connectivity index (χ2v) is 23.5. The highest BCUT2D eigenvalue weighted by atomic mass is 15.3. The van der Waals surface area contributed by atoms with Crippen LogP contribution in [-0.2, 0) is 21.7 Å². The Hall–Kier alpha value is -6.13. The molecule has 6 heteroatoms. The third kappa shape index (κ3) is 4.77. The molecular weight excluding hydrogens is 774 g/mol. The topological polar surface area (TPSA) is 16.3 Å². The molecule has 0 fully saturated rings. The van der Waals surface area contributed by atoms with E-state index in [1.807, 2.05) is 0 Å². The maximum Gasteiger partial charge on any atom is 0.421 e. The summed E-state index contributed by atoms with van der Waals surface area (Å²) in [5.41, 5.74) is 23.9. The Morgan fingerprint density at radius 3 is 1.08 bits per heavy atom. The molecule has 0 saturated carbocycles. The Bertz CT molecular complexity index is 3340. The number of hydrogen-bond acceptors (Lipinski definition) is 2. The molecule has 0 saturated heterocycles. The molecule has 2 aromatic heterocycles. The predicted molar refractivity (Wildman–Crippen MR) is 277 cm³/mol. The van der Waals surface area contributed by atoms with E-state index in [4.69, 9.17) is 0 Å². The van der Waals surface area contributed by atoms with Crippen LogP contribution in [0.25, 0.3) is 65.9 Å². The summed E-state index contributed by atoms with van der Waals surface area (Å²) >= 11 is 0. The lowest BCUT2D eigenvalue weighted by atomic mass is 9.60. The summed E-state index contributed by atoms with van der Waals surface area (Å²) in [6.45, 7) is 28.1. The SMILES string of the molecule is CC(C)(C)c1ccc2c(c1)-c1ccccc1B1N2c2c3c4cc(C(C)(C)C)ccc4n4c3c(c3c5cc(C(C)(C)C)ccc5n1c23)N1B4c2ccccc2-c2cc(C(C)(C)C)ccc21. The first-order valence-electron chi connectivity index (χ1n) is 23.5. The fourth-order valence-electron chi connectivity index (χ4n) is 12.0. The van der Waals surface area contributed by atoms with Crippen molar-refractivity contribution in [3.63, 3.8) is 0 Å². The van der Waals surface area contributed by atoms with Crippen LogP contribution in [0.15, 0.2) is 121 Å². The van der Waals surface area contributed by atoms with Crippen LogP contribution >= 0.6 is 0 Å². The van der Waals surface area contributed by atoms with Gasteiger partial charge in [0, 0.05) is 55.1 Å². The average molecular weight is 831 g/mol. The van der Waals surface area contributed by atoms with E-state index < -0.39 is 0 Å². The minimum atomic E-state index is -0.0544. The van der Waals surface area contributed by atoms with Crippen molar-refractivity contribution in [2.45, 2.75) is 105 Å². The molecule has 4 nitrogen and oxygen atoms in total. The normalized spacial score (nSPS) is 15.1. The molecule has 0 N–H and O–H groups in total. The molecular formula is C58H56B2N4. The van der Waals surface area contributed by atoms with E-state index in [1.54, 1.807) is 0 Å². The molecule has 0 atom stereocenters. The van der Waals surface area contributed by atoms with E-state index in [2.05, 4.69) is 223 Å². The van der Waals surface area contributed by atoms with Crippen LogP contribution in [0.2, 0.25) is 0 Å². The van der Waals surface area contributed by atoms with Gasteiger partial charge in [0.25, 0.3) is 0 Å². The minimum absolute atomic E-state index is 0.0146. The van der Waals surface area contributed by atoms with Gasteiger partial charge in [0.15, 0.2) is 0 Å². The number of benzene rings is 7. The van der Waals surface area contributed by atoms with Crippen molar-refractivity contribution in [3.05, 3.63) is 144 Å². The largest absolute Gasteiger partial charge is 0.421 e. The third-order valence-electron chi connectivity index (χ3n) is 15.4. The van der Waals surface area contributed by atoms with Crippen LogP contribution in [0, 0.1) is 0 Å². The van der Waals surface area contributed by atoms with Gasteiger partial charge in [-0.3, -0.25) is 0 Å². The zero-order valence-corrected chi connectivity index (χ0v) is 39.5. The molecule has 4 aliphatic rings. The van der Waals surface area contributed by atoms with Gasteiger partial charge in [-0.1, -0.05) is 156 Å². The summed E-state index contributed by atoms with van der Waals surface area (Å²) in [7, 11) is 0. The summed E-state index contributed by atoms with van der Waals surface area (Å²) in [6.07, 6.45) is 0. The fourth-order valence-corrected chi connectivity index (χ4v) is 12.0. The maximum absolute atomic E-state index is 2.75. The molecule has 314 valence electrons. The number of anilines is 4. The first kappa shape index (κ1) is 38.3. The van der Waals surface area contributed by atoms with Gasteiger partial charge >= 0.3 is 14.0 Å². The zero-order valence-electron chi connectivity index (χ0n) is 39.5. The molecule has 0 aliphatic carbocycles. The van der Waals surface area contributed by atoms with Gasteiger partial charge in [-0.15, -0.1) is 0 Å². The summed E-state index contributed by atoms with van der Waals surface area (Å²) in [6, 6.07) is 48.0. The highest BCUT2D eigenvalue weighted by Gasteiger charge is 2.52. The van der Waals surface area contributed by atoms with Crippen LogP contribution in [0.5, 0.6) is 0 Å². The molecule has 4 aliphatic heterocycles. The number of fused-ring (bicyclic) bond motifs is 24. The Balaban J connectivity index is 1.27. The second-order valence-electron chi connectivity index (χ2n) is 23.5. The Morgan fingerprint density at radius 1 is 0.359 bits per heavy atom. The van der Waals surface area contributed by atoms with Crippen molar-refractivity contribution in [1.82, 2.24) is 8.96 Å². The van der Waals surface area contributed by atoms with Crippen molar-refractivity contribution in [2.75, 3.05) is 9.62 Å². The van der Waals surface area contributed by atoms with Crippen molar-refractivity contribution in [3.8, 4) is 22.3 Å². The van der Waals surface area contributed by atoms with Crippen molar-refractivity contribution >= 4 is 91.3 Å². The Labute approximate surface area is 378 Å².